The maximum absolute atomic E-state index is 12.7. The van der Waals surface area contributed by atoms with Gasteiger partial charge in [-0.15, -0.1) is 0 Å². The van der Waals surface area contributed by atoms with Gasteiger partial charge in [0.2, 0.25) is 5.91 Å². The van der Waals surface area contributed by atoms with Crippen molar-refractivity contribution in [3.8, 4) is 0 Å². The Morgan fingerprint density at radius 2 is 1.89 bits per heavy atom. The number of carbonyl (C=O) groups is 2. The van der Waals surface area contributed by atoms with Gasteiger partial charge in [0.25, 0.3) is 0 Å². The van der Waals surface area contributed by atoms with E-state index in [-0.39, 0.29) is 42.5 Å². The zero-order valence-corrected chi connectivity index (χ0v) is 16.7. The van der Waals surface area contributed by atoms with E-state index in [0.717, 1.165) is 30.4 Å². The fourth-order valence-corrected chi connectivity index (χ4v) is 3.96. The molecule has 1 saturated heterocycles. The second-order valence-electron chi connectivity index (χ2n) is 7.67. The van der Waals surface area contributed by atoms with Crippen molar-refractivity contribution >= 4 is 18.0 Å². The minimum Gasteiger partial charge on any atom is -0.394 e. The van der Waals surface area contributed by atoms with Crippen molar-refractivity contribution in [3.05, 3.63) is 41.5 Å². The first kappa shape index (κ1) is 20.4. The molecule has 3 N–H and O–H groups in total. The van der Waals surface area contributed by atoms with Crippen molar-refractivity contribution in [2.45, 2.75) is 51.1 Å². The second-order valence-corrected chi connectivity index (χ2v) is 7.67. The molecule has 3 atom stereocenters. The highest BCUT2D eigenvalue weighted by Gasteiger charge is 2.51. The van der Waals surface area contributed by atoms with E-state index in [0.29, 0.717) is 13.1 Å². The summed E-state index contributed by atoms with van der Waals surface area (Å²) in [4.78, 5) is 26.5. The maximum atomic E-state index is 12.7. The molecule has 2 fully saturated rings. The summed E-state index contributed by atoms with van der Waals surface area (Å²) in [6.45, 7) is 4.88. The molecule has 1 aromatic rings. The van der Waals surface area contributed by atoms with Gasteiger partial charge >= 0.3 is 6.03 Å². The lowest BCUT2D eigenvalue weighted by atomic mass is 9.75. The zero-order valence-electron chi connectivity index (χ0n) is 16.7. The first-order valence-corrected chi connectivity index (χ1v) is 10.3. The SMILES string of the molecule is C/C=C/c1ccc([C@@H]2[C@@H](CO)N(C(=O)NCCC)[C@@H]2CNC(=O)C2CC2)cc1. The normalized spacial score (nSPS) is 24.1. The Balaban J connectivity index is 1.77. The molecule has 0 bridgehead atoms. The van der Waals surface area contributed by atoms with Crippen molar-refractivity contribution in [1.29, 1.82) is 0 Å². The molecule has 2 aliphatic rings. The molecule has 28 heavy (non-hydrogen) atoms. The third-order valence-corrected chi connectivity index (χ3v) is 5.61. The van der Waals surface area contributed by atoms with Gasteiger partial charge in [0, 0.05) is 24.9 Å². The smallest absolute Gasteiger partial charge is 0.318 e. The third-order valence-electron chi connectivity index (χ3n) is 5.61. The van der Waals surface area contributed by atoms with Crippen molar-refractivity contribution in [2.24, 2.45) is 5.92 Å². The minimum absolute atomic E-state index is 0.00321. The number of allylic oxidation sites excluding steroid dienone is 1. The Bertz CT molecular complexity index is 712. The fourth-order valence-electron chi connectivity index (χ4n) is 3.96. The Morgan fingerprint density at radius 3 is 2.46 bits per heavy atom. The number of benzene rings is 1. The van der Waals surface area contributed by atoms with Gasteiger partial charge in [-0.25, -0.2) is 4.79 Å². The summed E-state index contributed by atoms with van der Waals surface area (Å²) in [7, 11) is 0. The summed E-state index contributed by atoms with van der Waals surface area (Å²) in [6, 6.07) is 7.58. The van der Waals surface area contributed by atoms with Crippen LogP contribution >= 0.6 is 0 Å². The van der Waals surface area contributed by atoms with E-state index in [1.807, 2.05) is 38.1 Å². The highest BCUT2D eigenvalue weighted by Crippen LogP contribution is 2.40. The molecule has 0 aromatic heterocycles. The summed E-state index contributed by atoms with van der Waals surface area (Å²) in [5, 5.41) is 15.9. The number of hydrogen-bond acceptors (Lipinski definition) is 3. The molecule has 6 heteroatoms. The molecule has 1 aliphatic heterocycles. The van der Waals surface area contributed by atoms with Crippen LogP contribution in [0.2, 0.25) is 0 Å². The fraction of sp³-hybridized carbons (Fsp3) is 0.545. The van der Waals surface area contributed by atoms with E-state index < -0.39 is 0 Å². The highest BCUT2D eigenvalue weighted by atomic mass is 16.3. The standard InChI is InChI=1S/C22H31N3O3/c1-3-5-15-6-8-16(9-7-15)20-18(13-24-21(27)17-10-11-17)25(19(20)14-26)22(28)23-12-4-2/h3,5-9,17-20,26H,4,10-14H2,1-2H3,(H,23,28)(H,24,27)/b5-3+/t18-,19-,20+/m1/s1. The van der Waals surface area contributed by atoms with E-state index >= 15 is 0 Å². The first-order valence-electron chi connectivity index (χ1n) is 10.3. The summed E-state index contributed by atoms with van der Waals surface area (Å²) >= 11 is 0. The first-order chi connectivity index (χ1) is 13.6. The number of rotatable bonds is 8. The van der Waals surface area contributed by atoms with Crippen LogP contribution in [0.3, 0.4) is 0 Å². The largest absolute Gasteiger partial charge is 0.394 e. The van der Waals surface area contributed by atoms with Crippen LogP contribution in [0.5, 0.6) is 0 Å². The monoisotopic (exact) mass is 385 g/mol. The van der Waals surface area contributed by atoms with Crippen LogP contribution in [0.1, 0.15) is 50.2 Å². The summed E-state index contributed by atoms with van der Waals surface area (Å²) in [5.74, 6) is 0.203. The molecule has 1 heterocycles. The van der Waals surface area contributed by atoms with Crippen LogP contribution in [-0.4, -0.2) is 53.7 Å². The number of carbonyl (C=O) groups excluding carboxylic acids is 2. The molecule has 1 saturated carbocycles. The molecule has 3 amide bonds. The predicted molar refractivity (Wildman–Crippen MR) is 110 cm³/mol. The number of hydrogen-bond donors (Lipinski definition) is 3. The van der Waals surface area contributed by atoms with E-state index in [2.05, 4.69) is 22.8 Å². The Kier molecular flexibility index (Phi) is 6.73. The van der Waals surface area contributed by atoms with E-state index in [1.54, 1.807) is 4.90 Å². The molecule has 0 unspecified atom stereocenters. The summed E-state index contributed by atoms with van der Waals surface area (Å²) in [6.07, 6.45) is 6.78. The van der Waals surface area contributed by atoms with Gasteiger partial charge in [0.05, 0.1) is 18.7 Å². The van der Waals surface area contributed by atoms with Crippen LogP contribution in [0, 0.1) is 5.92 Å². The van der Waals surface area contributed by atoms with Gasteiger partial charge in [0.15, 0.2) is 0 Å². The van der Waals surface area contributed by atoms with Gasteiger partial charge in [0.1, 0.15) is 0 Å². The Labute approximate surface area is 167 Å². The lowest BCUT2D eigenvalue weighted by molar-refractivity contribution is -0.123. The van der Waals surface area contributed by atoms with E-state index in [4.69, 9.17) is 0 Å². The highest BCUT2D eigenvalue weighted by molar-refractivity contribution is 5.81. The second kappa shape index (κ2) is 9.24. The van der Waals surface area contributed by atoms with Crippen molar-refractivity contribution < 1.29 is 14.7 Å². The lowest BCUT2D eigenvalue weighted by Crippen LogP contribution is -2.70. The van der Waals surface area contributed by atoms with Crippen LogP contribution in [-0.2, 0) is 4.79 Å². The third kappa shape index (κ3) is 4.38. The number of amides is 3. The topological polar surface area (TPSA) is 81.7 Å². The summed E-state index contributed by atoms with van der Waals surface area (Å²) < 4.78 is 0. The van der Waals surface area contributed by atoms with E-state index in [1.165, 1.54) is 0 Å². The average molecular weight is 386 g/mol. The summed E-state index contributed by atoms with van der Waals surface area (Å²) in [5.41, 5.74) is 2.19. The Morgan fingerprint density at radius 1 is 1.18 bits per heavy atom. The van der Waals surface area contributed by atoms with Gasteiger partial charge in [-0.3, -0.25) is 4.79 Å². The number of aliphatic hydroxyl groups excluding tert-OH is 1. The molecule has 152 valence electrons. The predicted octanol–water partition coefficient (Wildman–Crippen LogP) is 2.49. The number of nitrogens with one attached hydrogen (secondary N) is 2. The molecule has 1 aliphatic carbocycles. The minimum atomic E-state index is -0.285. The molecule has 0 radical (unpaired) electrons. The van der Waals surface area contributed by atoms with Gasteiger partial charge in [-0.1, -0.05) is 43.3 Å². The molecular weight excluding hydrogens is 354 g/mol. The molecule has 1 aromatic carbocycles. The number of likely N-dealkylation sites (tertiary alicyclic amines) is 1. The van der Waals surface area contributed by atoms with E-state index in [9.17, 15) is 14.7 Å². The van der Waals surface area contributed by atoms with Gasteiger partial charge in [-0.2, -0.15) is 0 Å². The van der Waals surface area contributed by atoms with Crippen LogP contribution in [0.25, 0.3) is 6.08 Å². The van der Waals surface area contributed by atoms with Gasteiger partial charge in [-0.05, 0) is 37.3 Å². The van der Waals surface area contributed by atoms with Crippen LogP contribution < -0.4 is 10.6 Å². The van der Waals surface area contributed by atoms with Crippen LogP contribution in [0.4, 0.5) is 4.79 Å². The maximum Gasteiger partial charge on any atom is 0.318 e. The number of urea groups is 1. The quantitative estimate of drug-likeness (QED) is 0.643. The lowest BCUT2D eigenvalue weighted by Gasteiger charge is -2.54. The zero-order chi connectivity index (χ0) is 20.1. The molecule has 0 spiro atoms. The molecular formula is C22H31N3O3. The van der Waals surface area contributed by atoms with Crippen molar-refractivity contribution in [1.82, 2.24) is 15.5 Å². The molecule has 3 rings (SSSR count). The van der Waals surface area contributed by atoms with Crippen molar-refractivity contribution in [3.63, 3.8) is 0 Å². The Hall–Kier alpha value is -2.34. The number of nitrogens with zero attached hydrogens (tertiary/aromatic N) is 1. The number of aliphatic hydroxyl groups is 1. The average Bonchev–Trinajstić information content (AvgIpc) is 3.52. The molecule has 6 nitrogen and oxygen atoms in total. The van der Waals surface area contributed by atoms with Gasteiger partial charge < -0.3 is 20.6 Å². The van der Waals surface area contributed by atoms with Crippen molar-refractivity contribution in [2.75, 3.05) is 19.7 Å². The van der Waals surface area contributed by atoms with Crippen LogP contribution in [0.15, 0.2) is 30.3 Å².